The minimum absolute atomic E-state index is 0.546. The van der Waals surface area contributed by atoms with Gasteiger partial charge in [0.25, 0.3) is 0 Å². The van der Waals surface area contributed by atoms with Gasteiger partial charge in [0.2, 0.25) is 0 Å². The molecular formula is C8H14N2O2. The molecular weight excluding hydrogens is 156 g/mol. The van der Waals surface area contributed by atoms with Crippen LogP contribution in [0.2, 0.25) is 0 Å². The van der Waals surface area contributed by atoms with Gasteiger partial charge in [0.1, 0.15) is 6.67 Å². The third kappa shape index (κ3) is 2.54. The lowest BCUT2D eigenvalue weighted by Crippen LogP contribution is -2.22. The fourth-order valence-corrected chi connectivity index (χ4v) is 0.912. The Hall–Kier alpha value is -1.03. The van der Waals surface area contributed by atoms with Crippen LogP contribution in [0.15, 0.2) is 17.0 Å². The Morgan fingerprint density at radius 3 is 3.00 bits per heavy atom. The first-order chi connectivity index (χ1) is 5.86. The maximum atomic E-state index is 5.25. The molecule has 4 heteroatoms. The lowest BCUT2D eigenvalue weighted by atomic mass is 10.5. The van der Waals surface area contributed by atoms with Crippen LogP contribution in [-0.2, 0) is 9.57 Å². The van der Waals surface area contributed by atoms with Crippen molar-refractivity contribution in [3.8, 4) is 0 Å². The maximum absolute atomic E-state index is 5.25. The molecule has 0 atom stereocenters. The Labute approximate surface area is 72.4 Å². The number of aliphatic imine (C=N–C) groups is 1. The highest BCUT2D eigenvalue weighted by Crippen LogP contribution is 2.04. The number of hydrogen-bond donors (Lipinski definition) is 0. The number of rotatable bonds is 4. The Morgan fingerprint density at radius 2 is 2.33 bits per heavy atom. The zero-order valence-electron chi connectivity index (χ0n) is 7.49. The Balaban J connectivity index is 2.44. The van der Waals surface area contributed by atoms with E-state index in [4.69, 9.17) is 9.57 Å². The molecule has 0 fully saturated rings. The summed E-state index contributed by atoms with van der Waals surface area (Å²) in [6.07, 6.45) is 3.51. The predicted octanol–water partition coefficient (Wildman–Crippen LogP) is 1.16. The van der Waals surface area contributed by atoms with Gasteiger partial charge in [-0.2, -0.15) is 0 Å². The summed E-state index contributed by atoms with van der Waals surface area (Å²) >= 11 is 0. The molecule has 12 heavy (non-hydrogen) atoms. The number of nitrogens with zero attached hydrogens (tertiary/aromatic N) is 2. The number of allylic oxidation sites excluding steroid dienone is 1. The molecule has 0 radical (unpaired) electrons. The van der Waals surface area contributed by atoms with E-state index < -0.39 is 0 Å². The molecule has 68 valence electrons. The summed E-state index contributed by atoms with van der Waals surface area (Å²) in [4.78, 5) is 9.28. The van der Waals surface area contributed by atoms with Crippen LogP contribution < -0.4 is 0 Å². The largest absolute Gasteiger partial charge is 0.491 e. The van der Waals surface area contributed by atoms with E-state index in [0.29, 0.717) is 19.9 Å². The molecule has 0 N–H and O–H groups in total. The van der Waals surface area contributed by atoms with E-state index in [1.807, 2.05) is 13.8 Å². The summed E-state index contributed by atoms with van der Waals surface area (Å²) in [6, 6.07) is 0. The van der Waals surface area contributed by atoms with Crippen LogP contribution in [-0.4, -0.2) is 31.2 Å². The molecule has 0 saturated heterocycles. The predicted molar refractivity (Wildman–Crippen MR) is 46.5 cm³/mol. The summed E-state index contributed by atoms with van der Waals surface area (Å²) in [5.74, 6) is 0.747. The molecule has 0 aliphatic carbocycles. The van der Waals surface area contributed by atoms with Gasteiger partial charge < -0.3 is 4.74 Å². The number of hydroxylamine groups is 2. The minimum Gasteiger partial charge on any atom is -0.491 e. The zero-order valence-corrected chi connectivity index (χ0v) is 7.49. The molecule has 0 unspecified atom stereocenters. The highest BCUT2D eigenvalue weighted by molar-refractivity contribution is 5.76. The van der Waals surface area contributed by atoms with Gasteiger partial charge in [-0.3, -0.25) is 9.83 Å². The summed E-state index contributed by atoms with van der Waals surface area (Å²) in [7, 11) is 0. The fourth-order valence-electron chi connectivity index (χ4n) is 0.912. The first-order valence-corrected chi connectivity index (χ1v) is 4.10. The Morgan fingerprint density at radius 1 is 1.50 bits per heavy atom. The average Bonchev–Trinajstić information content (AvgIpc) is 2.06. The first-order valence-electron chi connectivity index (χ1n) is 4.10. The van der Waals surface area contributed by atoms with Gasteiger partial charge in [0, 0.05) is 0 Å². The number of hydrogen-bond acceptors (Lipinski definition) is 4. The molecule has 1 heterocycles. The second-order valence-corrected chi connectivity index (χ2v) is 2.25. The number of ether oxygens (including phenoxy) is 1. The van der Waals surface area contributed by atoms with Crippen molar-refractivity contribution in [3.63, 3.8) is 0 Å². The van der Waals surface area contributed by atoms with Gasteiger partial charge in [-0.25, -0.2) is 5.06 Å². The molecule has 1 rings (SSSR count). The molecule has 0 aromatic carbocycles. The van der Waals surface area contributed by atoms with Crippen molar-refractivity contribution in [2.24, 2.45) is 4.99 Å². The Kier molecular flexibility index (Phi) is 3.60. The van der Waals surface area contributed by atoms with Crippen molar-refractivity contribution in [2.45, 2.75) is 13.8 Å². The summed E-state index contributed by atoms with van der Waals surface area (Å²) in [5, 5.41) is 1.66. The average molecular weight is 170 g/mol. The molecule has 0 aromatic rings. The molecule has 0 spiro atoms. The minimum atomic E-state index is 0.546. The molecule has 1 aliphatic heterocycles. The third-order valence-electron chi connectivity index (χ3n) is 1.32. The fraction of sp³-hybridized carbons (Fsp3) is 0.625. The van der Waals surface area contributed by atoms with E-state index in [-0.39, 0.29) is 0 Å². The van der Waals surface area contributed by atoms with E-state index in [9.17, 15) is 0 Å². The van der Waals surface area contributed by atoms with Crippen LogP contribution in [0.1, 0.15) is 13.8 Å². The topological polar surface area (TPSA) is 34.1 Å². The first kappa shape index (κ1) is 9.06. The van der Waals surface area contributed by atoms with Gasteiger partial charge >= 0.3 is 0 Å². The smallest absolute Gasteiger partial charge is 0.155 e. The highest BCUT2D eigenvalue weighted by Gasteiger charge is 2.05. The van der Waals surface area contributed by atoms with Crippen molar-refractivity contribution in [3.05, 3.63) is 12.0 Å². The summed E-state index contributed by atoms with van der Waals surface area (Å²) in [6.45, 7) is 5.72. The maximum Gasteiger partial charge on any atom is 0.155 e. The van der Waals surface area contributed by atoms with Crippen LogP contribution in [0.4, 0.5) is 0 Å². The van der Waals surface area contributed by atoms with E-state index >= 15 is 0 Å². The van der Waals surface area contributed by atoms with E-state index in [1.54, 1.807) is 17.5 Å². The lowest BCUT2D eigenvalue weighted by Gasteiger charge is -2.20. The van der Waals surface area contributed by atoms with Crippen LogP contribution in [0.5, 0.6) is 0 Å². The second kappa shape index (κ2) is 4.77. The van der Waals surface area contributed by atoms with E-state index in [0.717, 1.165) is 5.76 Å². The van der Waals surface area contributed by atoms with Crippen LogP contribution in [0.25, 0.3) is 0 Å². The molecule has 0 saturated carbocycles. The van der Waals surface area contributed by atoms with Crippen molar-refractivity contribution >= 4 is 6.21 Å². The van der Waals surface area contributed by atoms with Gasteiger partial charge in [0.05, 0.1) is 25.6 Å². The molecule has 1 aliphatic rings. The van der Waals surface area contributed by atoms with Gasteiger partial charge in [-0.05, 0) is 13.8 Å². The van der Waals surface area contributed by atoms with Crippen molar-refractivity contribution in [1.82, 2.24) is 5.06 Å². The normalized spacial score (nSPS) is 16.2. The summed E-state index contributed by atoms with van der Waals surface area (Å²) in [5.41, 5.74) is 0. The van der Waals surface area contributed by atoms with Crippen LogP contribution >= 0.6 is 0 Å². The van der Waals surface area contributed by atoms with Gasteiger partial charge in [0.15, 0.2) is 5.76 Å². The SMILES string of the molecule is CCOC1=CN(OCC)CN=C1. The second-order valence-electron chi connectivity index (χ2n) is 2.25. The summed E-state index contributed by atoms with van der Waals surface area (Å²) < 4.78 is 5.25. The molecule has 0 bridgehead atoms. The monoisotopic (exact) mass is 170 g/mol. The van der Waals surface area contributed by atoms with E-state index in [1.165, 1.54) is 0 Å². The van der Waals surface area contributed by atoms with Crippen molar-refractivity contribution in [1.29, 1.82) is 0 Å². The quantitative estimate of drug-likeness (QED) is 0.635. The third-order valence-corrected chi connectivity index (χ3v) is 1.32. The van der Waals surface area contributed by atoms with Crippen LogP contribution in [0.3, 0.4) is 0 Å². The van der Waals surface area contributed by atoms with Gasteiger partial charge in [-0.1, -0.05) is 0 Å². The van der Waals surface area contributed by atoms with E-state index in [2.05, 4.69) is 4.99 Å². The van der Waals surface area contributed by atoms with Crippen molar-refractivity contribution in [2.75, 3.05) is 19.9 Å². The molecule has 0 amide bonds. The molecule has 0 aromatic heterocycles. The lowest BCUT2D eigenvalue weighted by molar-refractivity contribution is -0.116. The Bertz CT molecular complexity index is 189. The standard InChI is InChI=1S/C8H14N2O2/c1-3-11-8-5-9-7-10(6-8)12-4-2/h5-6H,3-4,7H2,1-2H3. The van der Waals surface area contributed by atoms with Gasteiger partial charge in [-0.15, -0.1) is 0 Å². The highest BCUT2D eigenvalue weighted by atomic mass is 16.7. The van der Waals surface area contributed by atoms with Crippen LogP contribution in [0, 0.1) is 0 Å². The molecule has 4 nitrogen and oxygen atoms in total. The van der Waals surface area contributed by atoms with Crippen molar-refractivity contribution < 1.29 is 9.57 Å². The zero-order chi connectivity index (χ0) is 8.81.